The van der Waals surface area contributed by atoms with Crippen molar-refractivity contribution in [2.45, 2.75) is 11.5 Å². The largest absolute Gasteiger partial charge is 0.416 e. The molecule has 0 aromatic heterocycles. The zero-order valence-corrected chi connectivity index (χ0v) is 16.2. The third kappa shape index (κ3) is 3.58. The van der Waals surface area contributed by atoms with Gasteiger partial charge in [0.2, 0.25) is 0 Å². The molecule has 0 nitrogen and oxygen atoms in total. The Morgan fingerprint density at radius 3 is 1.74 bits per heavy atom. The zero-order valence-electron chi connectivity index (χ0n) is 10.8. The van der Waals surface area contributed by atoms with Crippen LogP contribution in [0.1, 0.15) is 11.1 Å². The minimum Gasteiger partial charge on any atom is -0.166 e. The van der Waals surface area contributed by atoms with Gasteiger partial charge in [0.05, 0.1) is 30.7 Å². The van der Waals surface area contributed by atoms with Crippen LogP contribution < -0.4 is 0 Å². The van der Waals surface area contributed by atoms with Crippen molar-refractivity contribution in [2.24, 2.45) is 0 Å². The quantitative estimate of drug-likeness (QED) is 0.226. The van der Waals surface area contributed by atoms with Gasteiger partial charge in [0.25, 0.3) is 0 Å². The Labute approximate surface area is 163 Å². The predicted molar refractivity (Wildman–Crippen MR) is 94.6 cm³/mol. The van der Waals surface area contributed by atoms with Crippen LogP contribution in [0.5, 0.6) is 0 Å². The molecule has 0 bridgehead atoms. The first kappa shape index (κ1) is 19.5. The summed E-state index contributed by atoms with van der Waals surface area (Å²) in [4.78, 5) is 0. The molecule has 0 amide bonds. The summed E-state index contributed by atoms with van der Waals surface area (Å²) in [5.41, 5.74) is -0.556. The van der Waals surface area contributed by atoms with Crippen LogP contribution in [0.25, 0.3) is 11.1 Å². The van der Waals surface area contributed by atoms with E-state index in [0.29, 0.717) is 0 Å². The molecule has 0 radical (unpaired) electrons. The Balaban J connectivity index is 2.89. The second-order valence-electron chi connectivity index (χ2n) is 4.41. The highest BCUT2D eigenvalue weighted by Gasteiger charge is 2.34. The van der Waals surface area contributed by atoms with E-state index in [4.69, 9.17) is 58.0 Å². The smallest absolute Gasteiger partial charge is 0.166 e. The molecule has 124 valence electrons. The molecule has 2 aromatic carbocycles. The van der Waals surface area contributed by atoms with Crippen LogP contribution in [0.2, 0.25) is 25.1 Å². The first-order chi connectivity index (χ1) is 10.6. The van der Waals surface area contributed by atoms with Crippen molar-refractivity contribution in [3.05, 3.63) is 54.4 Å². The highest BCUT2D eigenvalue weighted by Crippen LogP contribution is 2.50. The van der Waals surface area contributed by atoms with Crippen molar-refractivity contribution in [1.82, 2.24) is 0 Å². The van der Waals surface area contributed by atoms with Gasteiger partial charge in [-0.2, -0.15) is 13.2 Å². The molecule has 0 saturated heterocycles. The van der Waals surface area contributed by atoms with E-state index >= 15 is 0 Å². The molecule has 23 heavy (non-hydrogen) atoms. The van der Waals surface area contributed by atoms with E-state index < -0.39 is 11.7 Å². The Morgan fingerprint density at radius 1 is 0.826 bits per heavy atom. The highest BCUT2D eigenvalue weighted by atomic mass is 79.9. The molecule has 0 spiro atoms. The van der Waals surface area contributed by atoms with E-state index in [0.717, 1.165) is 6.07 Å². The van der Waals surface area contributed by atoms with Gasteiger partial charge in [-0.05, 0) is 17.2 Å². The maximum absolute atomic E-state index is 13.2. The topological polar surface area (TPSA) is 0 Å². The number of hydrogen-bond acceptors (Lipinski definition) is 0. The summed E-state index contributed by atoms with van der Waals surface area (Å²) >= 11 is 33.3. The lowest BCUT2D eigenvalue weighted by atomic mass is 9.96. The average Bonchev–Trinajstić information content (AvgIpc) is 2.50. The lowest BCUT2D eigenvalue weighted by Gasteiger charge is -2.18. The van der Waals surface area contributed by atoms with E-state index in [1.807, 2.05) is 0 Å². The fraction of sp³-hybridized carbons (Fsp3) is 0.143. The molecule has 0 aliphatic carbocycles. The van der Waals surface area contributed by atoms with Crippen molar-refractivity contribution < 1.29 is 13.2 Å². The fourth-order valence-corrected chi connectivity index (χ4v) is 4.02. The Kier molecular flexibility index (Phi) is 6.09. The van der Waals surface area contributed by atoms with Gasteiger partial charge in [0.15, 0.2) is 0 Å². The minimum absolute atomic E-state index is 0.0294. The maximum Gasteiger partial charge on any atom is 0.416 e. The first-order valence-corrected chi connectivity index (χ1v) is 8.89. The Bertz CT molecular complexity index is 745. The number of halogens is 9. The predicted octanol–water partition coefficient (Wildman–Crippen LogP) is 8.53. The van der Waals surface area contributed by atoms with E-state index in [1.165, 1.54) is 12.1 Å². The molecular formula is C14H5BrCl5F3. The molecule has 0 unspecified atom stereocenters. The van der Waals surface area contributed by atoms with Crippen LogP contribution in [0.3, 0.4) is 0 Å². The zero-order chi connectivity index (χ0) is 17.5. The van der Waals surface area contributed by atoms with Crippen molar-refractivity contribution in [3.63, 3.8) is 0 Å². The molecule has 0 aliphatic heterocycles. The van der Waals surface area contributed by atoms with Gasteiger partial charge in [0, 0.05) is 10.9 Å². The fourth-order valence-electron chi connectivity index (χ4n) is 2.07. The Morgan fingerprint density at radius 2 is 1.30 bits per heavy atom. The van der Waals surface area contributed by atoms with Crippen LogP contribution in [-0.2, 0) is 11.5 Å². The average molecular weight is 487 g/mol. The van der Waals surface area contributed by atoms with Crippen LogP contribution in [0.4, 0.5) is 13.2 Å². The summed E-state index contributed by atoms with van der Waals surface area (Å²) in [7, 11) is 0. The molecule has 0 fully saturated rings. The number of alkyl halides is 4. The summed E-state index contributed by atoms with van der Waals surface area (Å²) < 4.78 is 39.6. The summed E-state index contributed by atoms with van der Waals surface area (Å²) in [5, 5.41) is -0.395. The van der Waals surface area contributed by atoms with Gasteiger partial charge >= 0.3 is 6.18 Å². The number of hydrogen-bond donors (Lipinski definition) is 0. The van der Waals surface area contributed by atoms with Crippen LogP contribution in [0, 0.1) is 0 Å². The number of benzene rings is 2. The van der Waals surface area contributed by atoms with E-state index in [-0.39, 0.29) is 47.1 Å². The van der Waals surface area contributed by atoms with Crippen LogP contribution in [0.15, 0.2) is 18.2 Å². The second kappa shape index (κ2) is 7.19. The van der Waals surface area contributed by atoms with Gasteiger partial charge in [-0.3, -0.25) is 0 Å². The molecular weight excluding hydrogens is 482 g/mol. The van der Waals surface area contributed by atoms with Crippen LogP contribution >= 0.6 is 73.9 Å². The monoisotopic (exact) mass is 484 g/mol. The molecule has 9 heteroatoms. The summed E-state index contributed by atoms with van der Waals surface area (Å²) in [5.74, 6) is 0. The van der Waals surface area contributed by atoms with Crippen molar-refractivity contribution >= 4 is 73.9 Å². The third-order valence-electron chi connectivity index (χ3n) is 3.09. The lowest BCUT2D eigenvalue weighted by Crippen LogP contribution is -2.09. The van der Waals surface area contributed by atoms with Gasteiger partial charge < -0.3 is 0 Å². The molecule has 0 heterocycles. The maximum atomic E-state index is 13.2. The van der Waals surface area contributed by atoms with Crippen molar-refractivity contribution in [1.29, 1.82) is 0 Å². The molecule has 0 N–H and O–H groups in total. The molecule has 0 aliphatic rings. The molecule has 2 aromatic rings. The van der Waals surface area contributed by atoms with Gasteiger partial charge in [0.1, 0.15) is 0 Å². The molecule has 2 rings (SSSR count). The summed E-state index contributed by atoms with van der Waals surface area (Å²) in [6, 6.07) is 3.69. The van der Waals surface area contributed by atoms with Gasteiger partial charge in [-0.1, -0.05) is 86.1 Å². The van der Waals surface area contributed by atoms with E-state index in [2.05, 4.69) is 15.9 Å². The Hall–Kier alpha value is 0.160. The van der Waals surface area contributed by atoms with Crippen molar-refractivity contribution in [2.75, 3.05) is 0 Å². The third-order valence-corrected chi connectivity index (χ3v) is 5.93. The van der Waals surface area contributed by atoms with Crippen LogP contribution in [-0.4, -0.2) is 0 Å². The minimum atomic E-state index is -4.53. The summed E-state index contributed by atoms with van der Waals surface area (Å²) in [6.07, 6.45) is -4.53. The lowest BCUT2D eigenvalue weighted by molar-refractivity contribution is -0.138. The van der Waals surface area contributed by atoms with Crippen molar-refractivity contribution in [3.8, 4) is 11.1 Å². The van der Waals surface area contributed by atoms with E-state index in [9.17, 15) is 13.2 Å². The van der Waals surface area contributed by atoms with Gasteiger partial charge in [-0.15, -0.1) is 0 Å². The highest BCUT2D eigenvalue weighted by molar-refractivity contribution is 9.08. The normalized spacial score (nSPS) is 11.9. The van der Waals surface area contributed by atoms with Gasteiger partial charge in [-0.25, -0.2) is 0 Å². The SMILES string of the molecule is FC(F)(F)c1cccc(-c2c(Cl)c(Cl)c(Cl)c(Cl)c2Cl)c1CBr. The standard InChI is InChI=1S/C14H5BrCl5F3/c15-4-6-5(2-1-3-7(6)14(21,22)23)8-9(16)11(18)13(20)12(19)10(8)17/h1-3H,4H2. The number of rotatable bonds is 2. The molecule has 0 atom stereocenters. The summed E-state index contributed by atoms with van der Waals surface area (Å²) in [6.45, 7) is 0. The first-order valence-electron chi connectivity index (χ1n) is 5.88. The molecule has 0 saturated carbocycles. The second-order valence-corrected chi connectivity index (χ2v) is 6.86. The van der Waals surface area contributed by atoms with E-state index in [1.54, 1.807) is 0 Å².